The molecule has 0 saturated carbocycles. The number of ketones is 1. The number of sulfonamides is 1. The van der Waals surface area contributed by atoms with Gasteiger partial charge in [0.15, 0.2) is 12.4 Å². The molecule has 0 aliphatic carbocycles. The Balaban J connectivity index is 1.46. The van der Waals surface area contributed by atoms with Crippen LogP contribution in [-0.4, -0.2) is 37.6 Å². The number of carbonyl (C=O) groups excluding carboxylic acids is 2. The van der Waals surface area contributed by atoms with E-state index < -0.39 is 28.4 Å². The van der Waals surface area contributed by atoms with Gasteiger partial charge in [-0.15, -0.1) is 0 Å². The van der Waals surface area contributed by atoms with Crippen molar-refractivity contribution in [2.75, 3.05) is 13.2 Å². The number of hydrogen-bond acceptors (Lipinski definition) is 5. The lowest BCUT2D eigenvalue weighted by Gasteiger charge is -2.28. The molecule has 1 heterocycles. The molecule has 0 saturated heterocycles. The van der Waals surface area contributed by atoms with E-state index in [9.17, 15) is 18.0 Å². The van der Waals surface area contributed by atoms with Crippen LogP contribution in [0.5, 0.6) is 0 Å². The van der Waals surface area contributed by atoms with E-state index in [1.165, 1.54) is 46.8 Å². The molecule has 170 valence electrons. The smallest absolute Gasteiger partial charge is 0.338 e. The van der Waals surface area contributed by atoms with Crippen molar-refractivity contribution in [3.8, 4) is 0 Å². The molecule has 0 radical (unpaired) electrons. The SMILES string of the molecule is O=C(COC(=O)c1cccc(S(=O)(=O)N2CCc3ccccc3C2)c1)c1ccc(Cl)c(Cl)c1. The monoisotopic (exact) mass is 503 g/mol. The summed E-state index contributed by atoms with van der Waals surface area (Å²) in [6, 6.07) is 17.7. The highest BCUT2D eigenvalue weighted by Gasteiger charge is 2.29. The number of esters is 1. The second-order valence-electron chi connectivity index (χ2n) is 7.51. The van der Waals surface area contributed by atoms with Gasteiger partial charge in [-0.3, -0.25) is 4.79 Å². The van der Waals surface area contributed by atoms with Gasteiger partial charge in [0.1, 0.15) is 0 Å². The zero-order chi connectivity index (χ0) is 23.6. The van der Waals surface area contributed by atoms with E-state index in [4.69, 9.17) is 27.9 Å². The van der Waals surface area contributed by atoms with Gasteiger partial charge in [0, 0.05) is 18.7 Å². The number of ether oxygens (including phenoxy) is 1. The van der Waals surface area contributed by atoms with Crippen molar-refractivity contribution in [2.24, 2.45) is 0 Å². The summed E-state index contributed by atoms with van der Waals surface area (Å²) in [5.74, 6) is -1.26. The molecule has 33 heavy (non-hydrogen) atoms. The van der Waals surface area contributed by atoms with Crippen LogP contribution in [-0.2, 0) is 27.7 Å². The predicted octanol–water partition coefficient (Wildman–Crippen LogP) is 4.78. The van der Waals surface area contributed by atoms with Gasteiger partial charge in [0.05, 0.1) is 20.5 Å². The van der Waals surface area contributed by atoms with Crippen LogP contribution in [0.3, 0.4) is 0 Å². The topological polar surface area (TPSA) is 80.8 Å². The summed E-state index contributed by atoms with van der Waals surface area (Å²) in [7, 11) is -3.81. The van der Waals surface area contributed by atoms with Crippen molar-refractivity contribution in [3.05, 3.63) is 99.0 Å². The number of halogens is 2. The number of Topliss-reactive ketones (excluding diaryl/α,β-unsaturated/α-hetero) is 1. The van der Waals surface area contributed by atoms with E-state index >= 15 is 0 Å². The van der Waals surface area contributed by atoms with Crippen LogP contribution < -0.4 is 0 Å². The third-order valence-electron chi connectivity index (χ3n) is 5.38. The van der Waals surface area contributed by atoms with Gasteiger partial charge in [-0.1, -0.05) is 53.5 Å². The fraction of sp³-hybridized carbons (Fsp3) is 0.167. The second kappa shape index (κ2) is 9.65. The van der Waals surface area contributed by atoms with Crippen molar-refractivity contribution in [3.63, 3.8) is 0 Å². The van der Waals surface area contributed by atoms with Crippen molar-refractivity contribution in [1.29, 1.82) is 0 Å². The quantitative estimate of drug-likeness (QED) is 0.357. The lowest BCUT2D eigenvalue weighted by molar-refractivity contribution is 0.0474. The third kappa shape index (κ3) is 5.12. The molecule has 0 aromatic heterocycles. The van der Waals surface area contributed by atoms with Crippen LogP contribution >= 0.6 is 23.2 Å². The van der Waals surface area contributed by atoms with Crippen molar-refractivity contribution in [2.45, 2.75) is 17.9 Å². The fourth-order valence-electron chi connectivity index (χ4n) is 3.57. The summed E-state index contributed by atoms with van der Waals surface area (Å²) in [6.45, 7) is 0.105. The lowest BCUT2D eigenvalue weighted by atomic mass is 10.0. The largest absolute Gasteiger partial charge is 0.454 e. The van der Waals surface area contributed by atoms with Crippen molar-refractivity contribution in [1.82, 2.24) is 4.31 Å². The molecule has 0 fully saturated rings. The first kappa shape index (κ1) is 23.4. The number of fused-ring (bicyclic) bond motifs is 1. The Morgan fingerprint density at radius 1 is 0.879 bits per heavy atom. The lowest BCUT2D eigenvalue weighted by Crippen LogP contribution is -2.36. The standard InChI is InChI=1S/C24H19Cl2NO5S/c25-21-9-8-17(13-22(21)26)23(28)15-32-24(29)18-6-3-7-20(12-18)33(30,31)27-11-10-16-4-1-2-5-19(16)14-27/h1-9,12-13H,10-11,14-15H2. The fourth-order valence-corrected chi connectivity index (χ4v) is 5.34. The molecule has 0 spiro atoms. The van der Waals surface area contributed by atoms with Gasteiger partial charge in [0.2, 0.25) is 10.0 Å². The normalized spacial score (nSPS) is 13.9. The summed E-state index contributed by atoms with van der Waals surface area (Å²) in [6.07, 6.45) is 0.619. The minimum atomic E-state index is -3.81. The molecule has 6 nitrogen and oxygen atoms in total. The van der Waals surface area contributed by atoms with Gasteiger partial charge >= 0.3 is 5.97 Å². The molecule has 0 N–H and O–H groups in total. The first-order valence-electron chi connectivity index (χ1n) is 10.1. The van der Waals surface area contributed by atoms with E-state index in [2.05, 4.69) is 0 Å². The second-order valence-corrected chi connectivity index (χ2v) is 10.3. The molecule has 0 unspecified atom stereocenters. The Kier molecular flexibility index (Phi) is 6.86. The molecular formula is C24H19Cl2NO5S. The van der Waals surface area contributed by atoms with Gasteiger partial charge in [-0.05, 0) is 53.9 Å². The molecular weight excluding hydrogens is 485 g/mol. The molecule has 1 aliphatic heterocycles. The number of nitrogens with zero attached hydrogens (tertiary/aromatic N) is 1. The maximum atomic E-state index is 13.2. The highest BCUT2D eigenvalue weighted by Crippen LogP contribution is 2.26. The third-order valence-corrected chi connectivity index (χ3v) is 7.96. The van der Waals surface area contributed by atoms with Gasteiger partial charge in [0.25, 0.3) is 0 Å². The first-order valence-corrected chi connectivity index (χ1v) is 12.3. The van der Waals surface area contributed by atoms with Crippen LogP contribution in [0, 0.1) is 0 Å². The Hall–Kier alpha value is -2.71. The van der Waals surface area contributed by atoms with Crippen LogP contribution in [0.4, 0.5) is 0 Å². The molecule has 3 aromatic carbocycles. The highest BCUT2D eigenvalue weighted by molar-refractivity contribution is 7.89. The van der Waals surface area contributed by atoms with Crippen LogP contribution in [0.25, 0.3) is 0 Å². The Morgan fingerprint density at radius 2 is 1.64 bits per heavy atom. The molecule has 3 aromatic rings. The predicted molar refractivity (Wildman–Crippen MR) is 125 cm³/mol. The average molecular weight is 504 g/mol. The van der Waals surface area contributed by atoms with E-state index in [-0.39, 0.29) is 27.6 Å². The summed E-state index contributed by atoms with van der Waals surface area (Å²) >= 11 is 11.8. The number of benzene rings is 3. The van der Waals surface area contributed by atoms with E-state index in [0.717, 1.165) is 11.1 Å². The summed E-state index contributed by atoms with van der Waals surface area (Å²) in [5, 5.41) is 0.521. The Bertz CT molecular complexity index is 1340. The Labute approximate surface area is 201 Å². The first-order chi connectivity index (χ1) is 15.8. The minimum absolute atomic E-state index is 0.00728. The maximum Gasteiger partial charge on any atom is 0.338 e. The van der Waals surface area contributed by atoms with Crippen LogP contribution in [0.2, 0.25) is 10.0 Å². The molecule has 0 bridgehead atoms. The van der Waals surface area contributed by atoms with Gasteiger partial charge < -0.3 is 4.74 Å². The highest BCUT2D eigenvalue weighted by atomic mass is 35.5. The maximum absolute atomic E-state index is 13.2. The molecule has 9 heteroatoms. The van der Waals surface area contributed by atoms with Crippen molar-refractivity contribution >= 4 is 45.0 Å². The summed E-state index contributed by atoms with van der Waals surface area (Å²) in [5.41, 5.74) is 2.38. The molecule has 0 atom stereocenters. The van der Waals surface area contributed by atoms with E-state index in [1.54, 1.807) is 0 Å². The van der Waals surface area contributed by atoms with E-state index in [0.29, 0.717) is 18.0 Å². The number of carbonyl (C=O) groups is 2. The summed E-state index contributed by atoms with van der Waals surface area (Å²) < 4.78 is 32.9. The molecule has 0 amide bonds. The average Bonchev–Trinajstić information content (AvgIpc) is 2.83. The molecule has 4 rings (SSSR count). The number of rotatable bonds is 6. The molecule has 1 aliphatic rings. The minimum Gasteiger partial charge on any atom is -0.454 e. The van der Waals surface area contributed by atoms with Gasteiger partial charge in [-0.2, -0.15) is 4.31 Å². The summed E-state index contributed by atoms with van der Waals surface area (Å²) in [4.78, 5) is 24.8. The Morgan fingerprint density at radius 3 is 2.39 bits per heavy atom. The van der Waals surface area contributed by atoms with E-state index in [1.807, 2.05) is 24.3 Å². The van der Waals surface area contributed by atoms with Crippen LogP contribution in [0.15, 0.2) is 71.6 Å². The zero-order valence-electron chi connectivity index (χ0n) is 17.3. The van der Waals surface area contributed by atoms with Gasteiger partial charge in [-0.25, -0.2) is 13.2 Å². The number of hydrogen-bond donors (Lipinski definition) is 0. The van der Waals surface area contributed by atoms with Crippen molar-refractivity contribution < 1.29 is 22.7 Å². The zero-order valence-corrected chi connectivity index (χ0v) is 19.7. The van der Waals surface area contributed by atoms with Crippen LogP contribution in [0.1, 0.15) is 31.8 Å².